The Bertz CT molecular complexity index is 431. The minimum Gasteiger partial charge on any atom is -0.378 e. The lowest BCUT2D eigenvalue weighted by molar-refractivity contribution is 0.0674. The zero-order valence-corrected chi connectivity index (χ0v) is 12.1. The second-order valence-corrected chi connectivity index (χ2v) is 6.90. The third kappa shape index (κ3) is 3.80. The van der Waals surface area contributed by atoms with Crippen LogP contribution in [0.25, 0.3) is 0 Å². The second kappa shape index (κ2) is 6.06. The number of ether oxygens (including phenoxy) is 1. The van der Waals surface area contributed by atoms with Crippen LogP contribution in [0, 0.1) is 0 Å². The van der Waals surface area contributed by atoms with Crippen molar-refractivity contribution in [1.82, 2.24) is 9.21 Å². The van der Waals surface area contributed by atoms with E-state index in [0.717, 1.165) is 25.9 Å². The number of hydrogen-bond donors (Lipinski definition) is 1. The van der Waals surface area contributed by atoms with Crippen LogP contribution in [-0.4, -0.2) is 75.3 Å². The van der Waals surface area contributed by atoms with Crippen LogP contribution in [0.2, 0.25) is 0 Å². The molecule has 0 spiro atoms. The van der Waals surface area contributed by atoms with Crippen LogP contribution in [0.1, 0.15) is 12.8 Å². The highest BCUT2D eigenvalue weighted by atomic mass is 32.2. The summed E-state index contributed by atoms with van der Waals surface area (Å²) in [5, 5.41) is 0. The van der Waals surface area contributed by atoms with Gasteiger partial charge in [-0.1, -0.05) is 0 Å². The van der Waals surface area contributed by atoms with Gasteiger partial charge in [0.15, 0.2) is 5.96 Å². The van der Waals surface area contributed by atoms with Crippen molar-refractivity contribution in [3.8, 4) is 0 Å². The van der Waals surface area contributed by atoms with E-state index in [2.05, 4.69) is 4.99 Å². The monoisotopic (exact) mass is 290 g/mol. The van der Waals surface area contributed by atoms with E-state index >= 15 is 0 Å². The van der Waals surface area contributed by atoms with E-state index in [1.807, 2.05) is 4.90 Å². The molecule has 0 aromatic heterocycles. The van der Waals surface area contributed by atoms with Crippen LogP contribution in [0.5, 0.6) is 0 Å². The molecule has 1 atom stereocenters. The Morgan fingerprint density at radius 2 is 2.05 bits per heavy atom. The third-order valence-corrected chi connectivity index (χ3v) is 4.88. The van der Waals surface area contributed by atoms with Crippen LogP contribution in [0.4, 0.5) is 0 Å². The van der Waals surface area contributed by atoms with E-state index < -0.39 is 10.0 Å². The van der Waals surface area contributed by atoms with Crippen LogP contribution in [-0.2, 0) is 14.8 Å². The molecule has 0 radical (unpaired) electrons. The highest BCUT2D eigenvalue weighted by molar-refractivity contribution is 7.88. The van der Waals surface area contributed by atoms with Crippen molar-refractivity contribution in [1.29, 1.82) is 0 Å². The maximum absolute atomic E-state index is 11.6. The lowest BCUT2D eigenvalue weighted by Gasteiger charge is -2.28. The Hall–Kier alpha value is -0.860. The summed E-state index contributed by atoms with van der Waals surface area (Å²) in [6.07, 6.45) is 3.00. The molecule has 0 amide bonds. The molecule has 8 heteroatoms. The number of nitrogens with zero attached hydrogens (tertiary/aromatic N) is 3. The maximum atomic E-state index is 11.6. The number of guanidine groups is 1. The smallest absolute Gasteiger partial charge is 0.211 e. The van der Waals surface area contributed by atoms with E-state index in [0.29, 0.717) is 32.3 Å². The van der Waals surface area contributed by atoms with Crippen molar-refractivity contribution in [2.75, 3.05) is 45.6 Å². The van der Waals surface area contributed by atoms with Crippen molar-refractivity contribution in [3.63, 3.8) is 0 Å². The standard InChI is InChI=1S/C11H22N4O3S/c1-19(16,17)15-4-2-3-10(15)9-13-11(12)14-5-7-18-8-6-14/h10H,2-9H2,1H3,(H2,12,13)/t10-/m1/s1. The lowest BCUT2D eigenvalue weighted by Crippen LogP contribution is -2.45. The number of morpholine rings is 1. The van der Waals surface area contributed by atoms with E-state index in [1.165, 1.54) is 10.6 Å². The van der Waals surface area contributed by atoms with E-state index in [9.17, 15) is 8.42 Å². The third-order valence-electron chi connectivity index (χ3n) is 3.55. The van der Waals surface area contributed by atoms with Crippen LogP contribution in [0.3, 0.4) is 0 Å². The van der Waals surface area contributed by atoms with Gasteiger partial charge in [-0.25, -0.2) is 8.42 Å². The number of rotatable bonds is 3. The largest absolute Gasteiger partial charge is 0.378 e. The Morgan fingerprint density at radius 1 is 1.37 bits per heavy atom. The van der Waals surface area contributed by atoms with Crippen molar-refractivity contribution >= 4 is 16.0 Å². The average Bonchev–Trinajstić information content (AvgIpc) is 2.85. The topological polar surface area (TPSA) is 88.2 Å². The molecule has 19 heavy (non-hydrogen) atoms. The summed E-state index contributed by atoms with van der Waals surface area (Å²) in [4.78, 5) is 6.33. The Morgan fingerprint density at radius 3 is 2.68 bits per heavy atom. The fraction of sp³-hybridized carbons (Fsp3) is 0.909. The number of aliphatic imine (C=N–C) groups is 1. The van der Waals surface area contributed by atoms with E-state index in [1.54, 1.807) is 0 Å². The van der Waals surface area contributed by atoms with Crippen molar-refractivity contribution in [2.24, 2.45) is 10.7 Å². The van der Waals surface area contributed by atoms with Crippen LogP contribution in [0.15, 0.2) is 4.99 Å². The zero-order chi connectivity index (χ0) is 13.9. The van der Waals surface area contributed by atoms with Crippen molar-refractivity contribution in [3.05, 3.63) is 0 Å². The number of nitrogens with two attached hydrogens (primary N) is 1. The maximum Gasteiger partial charge on any atom is 0.211 e. The predicted octanol–water partition coefficient (Wildman–Crippen LogP) is -0.943. The molecule has 0 aromatic rings. The molecular formula is C11H22N4O3S. The molecule has 0 aliphatic carbocycles. The summed E-state index contributed by atoms with van der Waals surface area (Å²) in [7, 11) is -3.13. The first kappa shape index (κ1) is 14.5. The first-order valence-electron chi connectivity index (χ1n) is 6.58. The summed E-state index contributed by atoms with van der Waals surface area (Å²) < 4.78 is 30.0. The molecule has 2 fully saturated rings. The molecule has 0 bridgehead atoms. The Labute approximate surface area is 114 Å². The normalized spacial score (nSPS) is 26.9. The fourth-order valence-electron chi connectivity index (χ4n) is 2.52. The summed E-state index contributed by atoms with van der Waals surface area (Å²) in [5.41, 5.74) is 5.93. The van der Waals surface area contributed by atoms with Gasteiger partial charge in [-0.05, 0) is 12.8 Å². The first-order valence-corrected chi connectivity index (χ1v) is 8.43. The van der Waals surface area contributed by atoms with Gasteiger partial charge < -0.3 is 15.4 Å². The van der Waals surface area contributed by atoms with Gasteiger partial charge >= 0.3 is 0 Å². The molecule has 0 saturated carbocycles. The molecule has 7 nitrogen and oxygen atoms in total. The van der Waals surface area contributed by atoms with Gasteiger partial charge in [0, 0.05) is 25.7 Å². The SMILES string of the molecule is CS(=O)(=O)N1CCC[C@@H]1CN=C(N)N1CCOCC1. The van der Waals surface area contributed by atoms with Gasteiger partial charge in [0.2, 0.25) is 10.0 Å². The highest BCUT2D eigenvalue weighted by Gasteiger charge is 2.31. The molecule has 2 N–H and O–H groups in total. The molecule has 2 saturated heterocycles. The van der Waals surface area contributed by atoms with E-state index in [4.69, 9.17) is 10.5 Å². The number of hydrogen-bond acceptors (Lipinski definition) is 4. The van der Waals surface area contributed by atoms with E-state index in [-0.39, 0.29) is 6.04 Å². The van der Waals surface area contributed by atoms with Gasteiger partial charge in [0.05, 0.1) is 26.0 Å². The van der Waals surface area contributed by atoms with Gasteiger partial charge in [-0.2, -0.15) is 4.31 Å². The van der Waals surface area contributed by atoms with Gasteiger partial charge in [0.25, 0.3) is 0 Å². The zero-order valence-electron chi connectivity index (χ0n) is 11.3. The van der Waals surface area contributed by atoms with Gasteiger partial charge in [0.1, 0.15) is 0 Å². The summed E-state index contributed by atoms with van der Waals surface area (Å²) in [5.74, 6) is 0.489. The second-order valence-electron chi connectivity index (χ2n) is 4.97. The quantitative estimate of drug-likeness (QED) is 0.535. The number of sulfonamides is 1. The van der Waals surface area contributed by atoms with Crippen molar-refractivity contribution < 1.29 is 13.2 Å². The Balaban J connectivity index is 1.93. The summed E-state index contributed by atoms with van der Waals surface area (Å²) in [6.45, 7) is 3.85. The fourth-order valence-corrected chi connectivity index (χ4v) is 3.69. The predicted molar refractivity (Wildman–Crippen MR) is 73.5 cm³/mol. The summed E-state index contributed by atoms with van der Waals surface area (Å²) in [6, 6.07) is -0.0467. The average molecular weight is 290 g/mol. The minimum absolute atomic E-state index is 0.0467. The first-order chi connectivity index (χ1) is 8.98. The van der Waals surface area contributed by atoms with Crippen molar-refractivity contribution in [2.45, 2.75) is 18.9 Å². The van der Waals surface area contributed by atoms with Gasteiger partial charge in [-0.3, -0.25) is 4.99 Å². The molecule has 110 valence electrons. The molecule has 2 heterocycles. The molecule has 2 aliphatic heterocycles. The van der Waals surface area contributed by atoms with Crippen LogP contribution >= 0.6 is 0 Å². The van der Waals surface area contributed by atoms with Crippen LogP contribution < -0.4 is 5.73 Å². The molecule has 0 aromatic carbocycles. The summed E-state index contributed by atoms with van der Waals surface area (Å²) >= 11 is 0. The van der Waals surface area contributed by atoms with Gasteiger partial charge in [-0.15, -0.1) is 0 Å². The molecule has 2 rings (SSSR count). The minimum atomic E-state index is -3.13. The Kier molecular flexibility index (Phi) is 4.64. The molecule has 2 aliphatic rings. The molecule has 0 unspecified atom stereocenters. The molecular weight excluding hydrogens is 268 g/mol. The lowest BCUT2D eigenvalue weighted by atomic mass is 10.2. The highest BCUT2D eigenvalue weighted by Crippen LogP contribution is 2.20.